The fourth-order valence-electron chi connectivity index (χ4n) is 2.17. The van der Waals surface area contributed by atoms with E-state index in [1.807, 2.05) is 13.8 Å². The lowest BCUT2D eigenvalue weighted by Crippen LogP contribution is -2.51. The highest BCUT2D eigenvalue weighted by atomic mass is 16.5. The van der Waals surface area contributed by atoms with Gasteiger partial charge < -0.3 is 20.5 Å². The summed E-state index contributed by atoms with van der Waals surface area (Å²) in [7, 11) is 0. The van der Waals surface area contributed by atoms with Gasteiger partial charge in [0.15, 0.2) is 0 Å². The molecule has 5 nitrogen and oxygen atoms in total. The van der Waals surface area contributed by atoms with Crippen LogP contribution >= 0.6 is 0 Å². The third-order valence-electron chi connectivity index (χ3n) is 3.85. The molecule has 0 spiro atoms. The quantitative estimate of drug-likeness (QED) is 0.572. The SMILES string of the molecule is CCCCCNC(=O)C(C)NCC1(O)CCOC1C. The highest BCUT2D eigenvalue weighted by Gasteiger charge is 2.39. The third-order valence-corrected chi connectivity index (χ3v) is 3.85. The van der Waals surface area contributed by atoms with Crippen LogP contribution in [-0.2, 0) is 9.53 Å². The van der Waals surface area contributed by atoms with E-state index < -0.39 is 5.60 Å². The van der Waals surface area contributed by atoms with E-state index in [9.17, 15) is 9.90 Å². The number of rotatable bonds is 8. The molecule has 1 heterocycles. The molecule has 0 radical (unpaired) electrons. The van der Waals surface area contributed by atoms with Gasteiger partial charge in [0.05, 0.1) is 12.1 Å². The zero-order valence-corrected chi connectivity index (χ0v) is 12.4. The predicted molar refractivity (Wildman–Crippen MR) is 75.0 cm³/mol. The maximum atomic E-state index is 11.8. The van der Waals surface area contributed by atoms with E-state index in [1.54, 1.807) is 0 Å². The van der Waals surface area contributed by atoms with Crippen molar-refractivity contribution in [2.45, 2.75) is 64.2 Å². The summed E-state index contributed by atoms with van der Waals surface area (Å²) in [6, 6.07) is -0.293. The monoisotopic (exact) mass is 272 g/mol. The molecule has 1 aliphatic heterocycles. The summed E-state index contributed by atoms with van der Waals surface area (Å²) in [5, 5.41) is 16.3. The first kappa shape index (κ1) is 16.4. The van der Waals surface area contributed by atoms with E-state index in [-0.39, 0.29) is 18.1 Å². The lowest BCUT2D eigenvalue weighted by Gasteiger charge is -2.27. The molecule has 112 valence electrons. The number of carbonyl (C=O) groups is 1. The predicted octanol–water partition coefficient (Wildman–Crippen LogP) is 0.811. The van der Waals surface area contributed by atoms with E-state index >= 15 is 0 Å². The Morgan fingerprint density at radius 1 is 1.53 bits per heavy atom. The number of ether oxygens (including phenoxy) is 1. The lowest BCUT2D eigenvalue weighted by atomic mass is 9.96. The summed E-state index contributed by atoms with van der Waals surface area (Å²) in [6.07, 6.45) is 3.74. The molecule has 0 aliphatic carbocycles. The maximum absolute atomic E-state index is 11.8. The van der Waals surface area contributed by atoms with Gasteiger partial charge in [0.2, 0.25) is 5.91 Å². The Labute approximate surface area is 116 Å². The topological polar surface area (TPSA) is 70.6 Å². The van der Waals surface area contributed by atoms with Gasteiger partial charge in [-0.1, -0.05) is 19.8 Å². The van der Waals surface area contributed by atoms with Crippen molar-refractivity contribution in [1.29, 1.82) is 0 Å². The van der Waals surface area contributed by atoms with Gasteiger partial charge in [0, 0.05) is 26.1 Å². The van der Waals surface area contributed by atoms with Crippen molar-refractivity contribution in [2.24, 2.45) is 0 Å². The summed E-state index contributed by atoms with van der Waals surface area (Å²) in [5.41, 5.74) is -0.850. The van der Waals surface area contributed by atoms with Gasteiger partial charge >= 0.3 is 0 Å². The Balaban J connectivity index is 2.22. The minimum Gasteiger partial charge on any atom is -0.386 e. The second-order valence-electron chi connectivity index (χ2n) is 5.47. The Hall–Kier alpha value is -0.650. The number of hydrogen-bond donors (Lipinski definition) is 3. The molecule has 3 N–H and O–H groups in total. The molecule has 1 fully saturated rings. The Morgan fingerprint density at radius 2 is 2.26 bits per heavy atom. The van der Waals surface area contributed by atoms with Gasteiger partial charge in [-0.3, -0.25) is 4.79 Å². The van der Waals surface area contributed by atoms with Gasteiger partial charge in [0.1, 0.15) is 5.60 Å². The smallest absolute Gasteiger partial charge is 0.236 e. The molecule has 19 heavy (non-hydrogen) atoms. The standard InChI is InChI=1S/C14H28N2O3/c1-4-5-6-8-15-13(17)11(2)16-10-14(18)7-9-19-12(14)3/h11-12,16,18H,4-10H2,1-3H3,(H,15,17). The van der Waals surface area contributed by atoms with Crippen molar-refractivity contribution >= 4 is 5.91 Å². The fourth-order valence-corrected chi connectivity index (χ4v) is 2.17. The van der Waals surface area contributed by atoms with Crippen molar-refractivity contribution in [2.75, 3.05) is 19.7 Å². The molecule has 5 heteroatoms. The zero-order valence-electron chi connectivity index (χ0n) is 12.4. The van der Waals surface area contributed by atoms with Crippen molar-refractivity contribution in [3.63, 3.8) is 0 Å². The Bertz CT molecular complexity index is 286. The van der Waals surface area contributed by atoms with Gasteiger partial charge in [-0.25, -0.2) is 0 Å². The summed E-state index contributed by atoms with van der Waals surface area (Å²) >= 11 is 0. The molecule has 0 bridgehead atoms. The highest BCUT2D eigenvalue weighted by Crippen LogP contribution is 2.24. The van der Waals surface area contributed by atoms with Gasteiger partial charge in [0.25, 0.3) is 0 Å². The van der Waals surface area contributed by atoms with Crippen LogP contribution in [0.4, 0.5) is 0 Å². The van der Waals surface area contributed by atoms with Crippen LogP contribution in [-0.4, -0.2) is 48.5 Å². The van der Waals surface area contributed by atoms with E-state index in [0.717, 1.165) is 25.8 Å². The molecule has 0 aromatic rings. The average molecular weight is 272 g/mol. The first-order chi connectivity index (χ1) is 8.99. The number of amides is 1. The molecule has 3 unspecified atom stereocenters. The van der Waals surface area contributed by atoms with Crippen LogP contribution in [0, 0.1) is 0 Å². The summed E-state index contributed by atoms with van der Waals surface area (Å²) in [4.78, 5) is 11.8. The first-order valence-corrected chi connectivity index (χ1v) is 7.34. The zero-order chi connectivity index (χ0) is 14.3. The summed E-state index contributed by atoms with van der Waals surface area (Å²) < 4.78 is 5.36. The molecule has 1 rings (SSSR count). The lowest BCUT2D eigenvalue weighted by molar-refractivity contribution is -0.123. The highest BCUT2D eigenvalue weighted by molar-refractivity contribution is 5.81. The molecule has 0 aromatic carbocycles. The minimum atomic E-state index is -0.850. The van der Waals surface area contributed by atoms with Crippen LogP contribution in [0.25, 0.3) is 0 Å². The number of aliphatic hydroxyl groups is 1. The van der Waals surface area contributed by atoms with Crippen LogP contribution in [0.15, 0.2) is 0 Å². The fraction of sp³-hybridized carbons (Fsp3) is 0.929. The minimum absolute atomic E-state index is 0.00808. The van der Waals surface area contributed by atoms with E-state index in [1.165, 1.54) is 0 Å². The third kappa shape index (κ3) is 5.09. The molecule has 1 amide bonds. The first-order valence-electron chi connectivity index (χ1n) is 7.34. The van der Waals surface area contributed by atoms with Crippen molar-refractivity contribution in [3.8, 4) is 0 Å². The molecular formula is C14H28N2O3. The summed E-state index contributed by atoms with van der Waals surface area (Å²) in [6.45, 7) is 7.51. The Morgan fingerprint density at radius 3 is 2.84 bits per heavy atom. The van der Waals surface area contributed by atoms with E-state index in [4.69, 9.17) is 4.74 Å². The van der Waals surface area contributed by atoms with E-state index in [0.29, 0.717) is 19.6 Å². The molecule has 0 saturated carbocycles. The van der Waals surface area contributed by atoms with Crippen molar-refractivity contribution in [1.82, 2.24) is 10.6 Å². The Kier molecular flexibility index (Phi) is 6.75. The van der Waals surface area contributed by atoms with Gasteiger partial charge in [-0.15, -0.1) is 0 Å². The van der Waals surface area contributed by atoms with Crippen LogP contribution in [0.2, 0.25) is 0 Å². The van der Waals surface area contributed by atoms with E-state index in [2.05, 4.69) is 17.6 Å². The number of carbonyl (C=O) groups excluding carboxylic acids is 1. The van der Waals surface area contributed by atoms with Crippen LogP contribution in [0.1, 0.15) is 46.5 Å². The largest absolute Gasteiger partial charge is 0.386 e. The normalized spacial score (nSPS) is 28.3. The molecule has 0 aromatic heterocycles. The van der Waals surface area contributed by atoms with Gasteiger partial charge in [-0.05, 0) is 20.3 Å². The average Bonchev–Trinajstić information content (AvgIpc) is 2.72. The molecule has 3 atom stereocenters. The van der Waals surface area contributed by atoms with Gasteiger partial charge in [-0.2, -0.15) is 0 Å². The number of nitrogens with one attached hydrogen (secondary N) is 2. The van der Waals surface area contributed by atoms with Crippen LogP contribution in [0.5, 0.6) is 0 Å². The number of unbranched alkanes of at least 4 members (excludes halogenated alkanes) is 2. The summed E-state index contributed by atoms with van der Waals surface area (Å²) in [5.74, 6) is -0.00808. The second-order valence-corrected chi connectivity index (χ2v) is 5.47. The molecule has 1 aliphatic rings. The van der Waals surface area contributed by atoms with Crippen LogP contribution < -0.4 is 10.6 Å². The molecular weight excluding hydrogens is 244 g/mol. The second kappa shape index (κ2) is 7.82. The van der Waals surface area contributed by atoms with Crippen molar-refractivity contribution in [3.05, 3.63) is 0 Å². The van der Waals surface area contributed by atoms with Crippen molar-refractivity contribution < 1.29 is 14.6 Å². The molecule has 1 saturated heterocycles. The number of hydrogen-bond acceptors (Lipinski definition) is 4. The maximum Gasteiger partial charge on any atom is 0.236 e. The van der Waals surface area contributed by atoms with Crippen LogP contribution in [0.3, 0.4) is 0 Å².